The zero-order valence-electron chi connectivity index (χ0n) is 13.5. The Morgan fingerprint density at radius 2 is 1.86 bits per heavy atom. The molecule has 0 amide bonds. The average molecular weight is 293 g/mol. The van der Waals surface area contributed by atoms with Gasteiger partial charge in [0.05, 0.1) is 5.69 Å². The van der Waals surface area contributed by atoms with Gasteiger partial charge in [-0.3, -0.25) is 4.40 Å². The molecule has 0 atom stereocenters. The van der Waals surface area contributed by atoms with Gasteiger partial charge >= 0.3 is 0 Å². The molecule has 0 saturated heterocycles. The molecular weight excluding hydrogens is 270 g/mol. The molecule has 0 aliphatic heterocycles. The average Bonchev–Trinajstić information content (AvgIpc) is 2.84. The topological polar surface area (TPSA) is 29.3 Å². The molecule has 0 aliphatic carbocycles. The molecule has 0 bridgehead atoms. The highest BCUT2D eigenvalue weighted by Crippen LogP contribution is 2.23. The molecular formula is C19H23N3. The van der Waals surface area contributed by atoms with Crippen LogP contribution in [-0.2, 0) is 13.0 Å². The first-order valence-electron chi connectivity index (χ1n) is 7.89. The fraction of sp³-hybridized carbons (Fsp3) is 0.316. The highest BCUT2D eigenvalue weighted by molar-refractivity contribution is 5.59. The van der Waals surface area contributed by atoms with Gasteiger partial charge in [0.15, 0.2) is 0 Å². The van der Waals surface area contributed by atoms with E-state index in [2.05, 4.69) is 73.1 Å². The smallest absolute Gasteiger partial charge is 0.141 e. The summed E-state index contributed by atoms with van der Waals surface area (Å²) < 4.78 is 2.18. The Morgan fingerprint density at radius 1 is 1.09 bits per heavy atom. The van der Waals surface area contributed by atoms with Crippen LogP contribution in [0.4, 0.5) is 5.82 Å². The molecule has 1 aromatic carbocycles. The van der Waals surface area contributed by atoms with E-state index in [4.69, 9.17) is 4.98 Å². The molecule has 114 valence electrons. The fourth-order valence-corrected chi connectivity index (χ4v) is 2.75. The lowest BCUT2D eigenvalue weighted by Gasteiger charge is -2.10. The maximum absolute atomic E-state index is 4.87. The summed E-state index contributed by atoms with van der Waals surface area (Å²) in [6.07, 6.45) is 3.07. The van der Waals surface area contributed by atoms with Crippen molar-refractivity contribution in [1.82, 2.24) is 9.38 Å². The van der Waals surface area contributed by atoms with Crippen LogP contribution < -0.4 is 5.32 Å². The predicted molar refractivity (Wildman–Crippen MR) is 92.2 cm³/mol. The number of rotatable bonds is 5. The third-order valence-electron chi connectivity index (χ3n) is 3.82. The Labute approximate surface area is 132 Å². The van der Waals surface area contributed by atoms with Crippen LogP contribution >= 0.6 is 0 Å². The molecule has 0 unspecified atom stereocenters. The Balaban J connectivity index is 1.96. The van der Waals surface area contributed by atoms with Crippen LogP contribution in [0.1, 0.15) is 30.7 Å². The van der Waals surface area contributed by atoms with E-state index in [1.165, 1.54) is 11.1 Å². The standard InChI is InChI=1S/C19H23N3/c1-14(2)12-17-19(20-13-16-9-5-4-6-10-16)22-11-7-8-15(3)18(22)21-17/h4-11,14,20H,12-13H2,1-3H3. The van der Waals surface area contributed by atoms with Gasteiger partial charge in [-0.2, -0.15) is 0 Å². The maximum Gasteiger partial charge on any atom is 0.141 e. The summed E-state index contributed by atoms with van der Waals surface area (Å²) >= 11 is 0. The Morgan fingerprint density at radius 3 is 2.59 bits per heavy atom. The van der Waals surface area contributed by atoms with Crippen molar-refractivity contribution in [2.75, 3.05) is 5.32 Å². The first-order valence-corrected chi connectivity index (χ1v) is 7.89. The second-order valence-electron chi connectivity index (χ2n) is 6.23. The summed E-state index contributed by atoms with van der Waals surface area (Å²) in [6, 6.07) is 14.7. The van der Waals surface area contributed by atoms with Gasteiger partial charge in [-0.15, -0.1) is 0 Å². The van der Waals surface area contributed by atoms with Crippen LogP contribution in [0.25, 0.3) is 5.65 Å². The van der Waals surface area contributed by atoms with Crippen molar-refractivity contribution < 1.29 is 0 Å². The van der Waals surface area contributed by atoms with E-state index in [9.17, 15) is 0 Å². The summed E-state index contributed by atoms with van der Waals surface area (Å²) in [6.45, 7) is 7.39. The van der Waals surface area contributed by atoms with E-state index in [1.54, 1.807) is 0 Å². The van der Waals surface area contributed by atoms with Crippen LogP contribution in [0.2, 0.25) is 0 Å². The third kappa shape index (κ3) is 2.98. The quantitative estimate of drug-likeness (QED) is 0.753. The summed E-state index contributed by atoms with van der Waals surface area (Å²) in [5.41, 5.74) is 4.69. The van der Waals surface area contributed by atoms with Crippen molar-refractivity contribution in [2.45, 2.75) is 33.7 Å². The molecule has 3 rings (SSSR count). The number of nitrogens with one attached hydrogen (secondary N) is 1. The zero-order chi connectivity index (χ0) is 15.5. The van der Waals surface area contributed by atoms with Gasteiger partial charge in [0.25, 0.3) is 0 Å². The molecule has 3 nitrogen and oxygen atoms in total. The number of nitrogens with zero attached hydrogens (tertiary/aromatic N) is 2. The minimum absolute atomic E-state index is 0.586. The molecule has 3 aromatic rings. The summed E-state index contributed by atoms with van der Waals surface area (Å²) in [4.78, 5) is 4.87. The molecule has 3 heteroatoms. The monoisotopic (exact) mass is 293 g/mol. The minimum atomic E-state index is 0.586. The zero-order valence-corrected chi connectivity index (χ0v) is 13.5. The van der Waals surface area contributed by atoms with Gasteiger partial charge in [0.2, 0.25) is 0 Å². The van der Waals surface area contributed by atoms with Crippen molar-refractivity contribution in [1.29, 1.82) is 0 Å². The Kier molecular flexibility index (Phi) is 4.14. The van der Waals surface area contributed by atoms with Gasteiger partial charge in [0.1, 0.15) is 11.5 Å². The van der Waals surface area contributed by atoms with Crippen molar-refractivity contribution >= 4 is 11.5 Å². The SMILES string of the molecule is Cc1cccn2c(NCc3ccccc3)c(CC(C)C)nc12. The fourth-order valence-electron chi connectivity index (χ4n) is 2.75. The summed E-state index contributed by atoms with van der Waals surface area (Å²) in [7, 11) is 0. The van der Waals surface area contributed by atoms with E-state index in [0.717, 1.165) is 30.1 Å². The van der Waals surface area contributed by atoms with Crippen LogP contribution in [0.3, 0.4) is 0 Å². The molecule has 2 aromatic heterocycles. The Hall–Kier alpha value is -2.29. The number of anilines is 1. The second-order valence-corrected chi connectivity index (χ2v) is 6.23. The van der Waals surface area contributed by atoms with Crippen molar-refractivity contribution in [2.24, 2.45) is 5.92 Å². The van der Waals surface area contributed by atoms with E-state index in [-0.39, 0.29) is 0 Å². The van der Waals surface area contributed by atoms with Gasteiger partial charge in [-0.05, 0) is 36.5 Å². The number of hydrogen-bond donors (Lipinski definition) is 1. The summed E-state index contributed by atoms with van der Waals surface area (Å²) in [5.74, 6) is 1.71. The molecule has 0 fully saturated rings. The van der Waals surface area contributed by atoms with Gasteiger partial charge in [-0.25, -0.2) is 4.98 Å². The number of aromatic nitrogens is 2. The van der Waals surface area contributed by atoms with E-state index in [1.807, 2.05) is 6.07 Å². The largest absolute Gasteiger partial charge is 0.366 e. The second kappa shape index (κ2) is 6.22. The lowest BCUT2D eigenvalue weighted by molar-refractivity contribution is 0.638. The van der Waals surface area contributed by atoms with E-state index in [0.29, 0.717) is 5.92 Å². The number of fused-ring (bicyclic) bond motifs is 1. The number of pyridine rings is 1. The third-order valence-corrected chi connectivity index (χ3v) is 3.82. The number of imidazole rings is 1. The van der Waals surface area contributed by atoms with Gasteiger partial charge < -0.3 is 5.32 Å². The summed E-state index contributed by atoms with van der Waals surface area (Å²) in [5, 5.41) is 3.59. The molecule has 0 radical (unpaired) electrons. The van der Waals surface area contributed by atoms with Crippen LogP contribution in [0.5, 0.6) is 0 Å². The number of benzene rings is 1. The normalized spacial score (nSPS) is 11.3. The molecule has 0 saturated carbocycles. The maximum atomic E-state index is 4.87. The minimum Gasteiger partial charge on any atom is -0.366 e. The van der Waals surface area contributed by atoms with Crippen molar-refractivity contribution in [3.8, 4) is 0 Å². The Bertz CT molecular complexity index is 757. The predicted octanol–water partition coefficient (Wildman–Crippen LogP) is 4.45. The molecule has 0 aliphatic rings. The molecule has 0 spiro atoms. The van der Waals surface area contributed by atoms with Gasteiger partial charge in [0, 0.05) is 12.7 Å². The lowest BCUT2D eigenvalue weighted by Crippen LogP contribution is -2.06. The number of aryl methyl sites for hydroxylation is 1. The highest BCUT2D eigenvalue weighted by atomic mass is 15.1. The highest BCUT2D eigenvalue weighted by Gasteiger charge is 2.14. The first-order chi connectivity index (χ1) is 10.6. The van der Waals surface area contributed by atoms with Crippen molar-refractivity contribution in [3.63, 3.8) is 0 Å². The van der Waals surface area contributed by atoms with Gasteiger partial charge in [-0.1, -0.05) is 50.2 Å². The lowest BCUT2D eigenvalue weighted by atomic mass is 10.1. The van der Waals surface area contributed by atoms with E-state index < -0.39 is 0 Å². The van der Waals surface area contributed by atoms with Crippen LogP contribution in [0, 0.1) is 12.8 Å². The molecule has 22 heavy (non-hydrogen) atoms. The van der Waals surface area contributed by atoms with Crippen LogP contribution in [-0.4, -0.2) is 9.38 Å². The molecule has 1 N–H and O–H groups in total. The van der Waals surface area contributed by atoms with Crippen molar-refractivity contribution in [3.05, 3.63) is 65.5 Å². The van der Waals surface area contributed by atoms with E-state index >= 15 is 0 Å². The van der Waals surface area contributed by atoms with Crippen LogP contribution in [0.15, 0.2) is 48.7 Å². The number of hydrogen-bond acceptors (Lipinski definition) is 2. The first kappa shape index (κ1) is 14.6. The molecule has 2 heterocycles.